The minimum absolute atomic E-state index is 0.0248. The molecule has 0 saturated carbocycles. The molecule has 31 heavy (non-hydrogen) atoms. The van der Waals surface area contributed by atoms with Crippen LogP contribution in [-0.2, 0) is 6.61 Å². The zero-order valence-electron chi connectivity index (χ0n) is 17.2. The Morgan fingerprint density at radius 1 is 1.19 bits per heavy atom. The van der Waals surface area contributed by atoms with Crippen molar-refractivity contribution in [3.8, 4) is 5.75 Å². The number of nitrogens with zero attached hydrogens (tertiary/aromatic N) is 3. The standard InChI is InChI=1S/C23H23N3O5/c1-15-20(23(27)28)24-21-18(22(15)31-14-16-8-4-2-5-9-16)12-17(13-19(21)26(29)30)25-10-6-3-7-11-25/h2,4-5,8-9,12-13H,3,6-7,10-11,14H2,1H3,(H,27,28). The van der Waals surface area contributed by atoms with Crippen LogP contribution in [-0.4, -0.2) is 34.1 Å². The first kappa shape index (κ1) is 20.6. The number of nitro groups is 1. The first-order valence-electron chi connectivity index (χ1n) is 10.2. The fourth-order valence-corrected chi connectivity index (χ4v) is 4.00. The fourth-order valence-electron chi connectivity index (χ4n) is 4.00. The summed E-state index contributed by atoms with van der Waals surface area (Å²) in [7, 11) is 0. The van der Waals surface area contributed by atoms with E-state index in [1.54, 1.807) is 6.92 Å². The number of benzene rings is 2. The second-order valence-electron chi connectivity index (χ2n) is 7.66. The maximum atomic E-state index is 11.9. The lowest BCUT2D eigenvalue weighted by Crippen LogP contribution is -2.29. The van der Waals surface area contributed by atoms with E-state index in [0.29, 0.717) is 16.7 Å². The van der Waals surface area contributed by atoms with Crippen molar-refractivity contribution >= 4 is 28.2 Å². The van der Waals surface area contributed by atoms with E-state index in [1.807, 2.05) is 36.4 Å². The van der Waals surface area contributed by atoms with Crippen LogP contribution in [0.5, 0.6) is 5.75 Å². The van der Waals surface area contributed by atoms with Crippen molar-refractivity contribution in [3.63, 3.8) is 0 Å². The number of non-ortho nitro benzene ring substituents is 1. The molecule has 1 fully saturated rings. The summed E-state index contributed by atoms with van der Waals surface area (Å²) in [6, 6.07) is 12.8. The summed E-state index contributed by atoms with van der Waals surface area (Å²) in [5.74, 6) is -0.938. The number of pyridine rings is 1. The van der Waals surface area contributed by atoms with E-state index in [1.165, 1.54) is 6.07 Å². The summed E-state index contributed by atoms with van der Waals surface area (Å²) in [4.78, 5) is 29.4. The Morgan fingerprint density at radius 2 is 1.90 bits per heavy atom. The molecule has 160 valence electrons. The van der Waals surface area contributed by atoms with Gasteiger partial charge >= 0.3 is 5.97 Å². The lowest BCUT2D eigenvalue weighted by atomic mass is 10.0. The predicted octanol–water partition coefficient (Wildman–Crippen LogP) is 4.72. The van der Waals surface area contributed by atoms with Gasteiger partial charge in [0.1, 0.15) is 12.4 Å². The van der Waals surface area contributed by atoms with Gasteiger partial charge in [0.2, 0.25) is 0 Å². The van der Waals surface area contributed by atoms with E-state index in [0.717, 1.165) is 43.6 Å². The van der Waals surface area contributed by atoms with Crippen molar-refractivity contribution in [2.75, 3.05) is 18.0 Å². The maximum absolute atomic E-state index is 11.9. The lowest BCUT2D eigenvalue weighted by molar-refractivity contribution is -0.383. The normalized spacial score (nSPS) is 13.9. The van der Waals surface area contributed by atoms with E-state index in [2.05, 4.69) is 9.88 Å². The number of aromatic carboxylic acids is 1. The number of rotatable bonds is 6. The Bertz CT molecular complexity index is 1140. The second-order valence-corrected chi connectivity index (χ2v) is 7.66. The molecule has 1 aliphatic heterocycles. The minimum Gasteiger partial charge on any atom is -0.488 e. The van der Waals surface area contributed by atoms with Gasteiger partial charge in [0, 0.05) is 30.4 Å². The van der Waals surface area contributed by atoms with E-state index < -0.39 is 10.9 Å². The van der Waals surface area contributed by atoms with Crippen molar-refractivity contribution in [1.29, 1.82) is 0 Å². The molecule has 1 aliphatic rings. The van der Waals surface area contributed by atoms with E-state index in [4.69, 9.17) is 4.74 Å². The van der Waals surface area contributed by atoms with Crippen molar-refractivity contribution in [3.05, 3.63) is 69.4 Å². The topological polar surface area (TPSA) is 106 Å². The van der Waals surface area contributed by atoms with Crippen molar-refractivity contribution in [2.24, 2.45) is 0 Å². The Hall–Kier alpha value is -3.68. The molecule has 0 atom stereocenters. The lowest BCUT2D eigenvalue weighted by Gasteiger charge is -2.29. The van der Waals surface area contributed by atoms with Crippen LogP contribution in [0.15, 0.2) is 42.5 Å². The van der Waals surface area contributed by atoms with E-state index in [9.17, 15) is 20.0 Å². The molecule has 0 unspecified atom stereocenters. The highest BCUT2D eigenvalue weighted by Crippen LogP contribution is 2.39. The summed E-state index contributed by atoms with van der Waals surface area (Å²) < 4.78 is 6.06. The maximum Gasteiger partial charge on any atom is 0.354 e. The Labute approximate surface area is 179 Å². The molecule has 0 bridgehead atoms. The van der Waals surface area contributed by atoms with Crippen LogP contribution < -0.4 is 9.64 Å². The molecule has 8 heteroatoms. The van der Waals surface area contributed by atoms with Crippen molar-refractivity contribution < 1.29 is 19.6 Å². The molecular weight excluding hydrogens is 398 g/mol. The second kappa shape index (κ2) is 8.59. The Balaban J connectivity index is 1.90. The van der Waals surface area contributed by atoms with Crippen LogP contribution in [0.2, 0.25) is 0 Å². The third-order valence-electron chi connectivity index (χ3n) is 5.59. The van der Waals surface area contributed by atoms with Gasteiger partial charge < -0.3 is 14.7 Å². The number of hydrogen-bond donors (Lipinski definition) is 1. The first-order valence-corrected chi connectivity index (χ1v) is 10.2. The molecule has 0 radical (unpaired) electrons. The molecule has 0 amide bonds. The number of carbonyl (C=O) groups is 1. The number of piperidine rings is 1. The summed E-state index contributed by atoms with van der Waals surface area (Å²) >= 11 is 0. The monoisotopic (exact) mass is 421 g/mol. The summed E-state index contributed by atoms with van der Waals surface area (Å²) in [6.45, 7) is 3.47. The average Bonchev–Trinajstić information content (AvgIpc) is 2.78. The van der Waals surface area contributed by atoms with E-state index >= 15 is 0 Å². The van der Waals surface area contributed by atoms with Crippen LogP contribution in [0.4, 0.5) is 11.4 Å². The molecule has 1 aromatic heterocycles. The molecule has 1 N–H and O–H groups in total. The summed E-state index contributed by atoms with van der Waals surface area (Å²) in [5, 5.41) is 21.9. The number of aromatic nitrogens is 1. The molecular formula is C23H23N3O5. The van der Waals surface area contributed by atoms with Crippen LogP contribution >= 0.6 is 0 Å². The molecule has 0 aliphatic carbocycles. The van der Waals surface area contributed by atoms with Gasteiger partial charge in [-0.25, -0.2) is 9.78 Å². The number of carboxylic acids is 1. The van der Waals surface area contributed by atoms with Crippen molar-refractivity contribution in [1.82, 2.24) is 4.98 Å². The van der Waals surface area contributed by atoms with Gasteiger partial charge in [-0.3, -0.25) is 10.1 Å². The zero-order chi connectivity index (χ0) is 22.0. The predicted molar refractivity (Wildman–Crippen MR) is 117 cm³/mol. The zero-order valence-corrected chi connectivity index (χ0v) is 17.2. The minimum atomic E-state index is -1.25. The van der Waals surface area contributed by atoms with Gasteiger partial charge in [0.15, 0.2) is 11.2 Å². The smallest absolute Gasteiger partial charge is 0.354 e. The number of carboxylic acid groups (broad SMARTS) is 1. The van der Waals surface area contributed by atoms with Crippen LogP contribution in [0.25, 0.3) is 10.9 Å². The van der Waals surface area contributed by atoms with E-state index in [-0.39, 0.29) is 23.5 Å². The highest BCUT2D eigenvalue weighted by molar-refractivity contribution is 6.00. The third-order valence-corrected chi connectivity index (χ3v) is 5.59. The number of hydrogen-bond acceptors (Lipinski definition) is 6. The highest BCUT2D eigenvalue weighted by Gasteiger charge is 2.26. The number of nitro benzene ring substituents is 1. The SMILES string of the molecule is Cc1c(C(=O)O)nc2c([N+](=O)[O-])cc(N3CCCCC3)cc2c1OCc1ccccc1. The van der Waals surface area contributed by atoms with Crippen LogP contribution in [0, 0.1) is 17.0 Å². The third kappa shape index (κ3) is 4.14. The number of anilines is 1. The van der Waals surface area contributed by atoms with Gasteiger partial charge in [-0.1, -0.05) is 30.3 Å². The quantitative estimate of drug-likeness (QED) is 0.453. The molecule has 3 aromatic rings. The molecule has 4 rings (SSSR count). The number of ether oxygens (including phenoxy) is 1. The van der Waals surface area contributed by atoms with Gasteiger partial charge in [-0.2, -0.15) is 0 Å². The number of fused-ring (bicyclic) bond motifs is 1. The molecule has 8 nitrogen and oxygen atoms in total. The van der Waals surface area contributed by atoms with Gasteiger partial charge in [0.05, 0.1) is 10.3 Å². The summed E-state index contributed by atoms with van der Waals surface area (Å²) in [5.41, 5.74) is 1.55. The molecule has 2 heterocycles. The molecule has 2 aromatic carbocycles. The molecule has 0 spiro atoms. The Morgan fingerprint density at radius 3 is 2.55 bits per heavy atom. The highest BCUT2D eigenvalue weighted by atomic mass is 16.6. The van der Waals surface area contributed by atoms with Gasteiger partial charge in [-0.05, 0) is 37.8 Å². The van der Waals surface area contributed by atoms with Gasteiger partial charge in [-0.15, -0.1) is 0 Å². The fraction of sp³-hybridized carbons (Fsp3) is 0.304. The first-order chi connectivity index (χ1) is 15.0. The molecule has 1 saturated heterocycles. The Kier molecular flexibility index (Phi) is 5.70. The van der Waals surface area contributed by atoms with Crippen molar-refractivity contribution in [2.45, 2.75) is 32.8 Å². The largest absolute Gasteiger partial charge is 0.488 e. The van der Waals surface area contributed by atoms with Crippen LogP contribution in [0.1, 0.15) is 40.9 Å². The van der Waals surface area contributed by atoms with Gasteiger partial charge in [0.25, 0.3) is 5.69 Å². The van der Waals surface area contributed by atoms with Crippen LogP contribution in [0.3, 0.4) is 0 Å². The average molecular weight is 421 g/mol. The summed E-state index contributed by atoms with van der Waals surface area (Å²) in [6.07, 6.45) is 3.19.